The molecule has 98 valence electrons. The van der Waals surface area contributed by atoms with Gasteiger partial charge in [-0.1, -0.05) is 18.2 Å². The van der Waals surface area contributed by atoms with Gasteiger partial charge in [-0.2, -0.15) is 0 Å². The van der Waals surface area contributed by atoms with E-state index in [1.54, 1.807) is 0 Å². The van der Waals surface area contributed by atoms with E-state index in [2.05, 4.69) is 30.0 Å². The molecule has 0 spiro atoms. The molecular weight excluding hydrogens is 228 g/mol. The summed E-state index contributed by atoms with van der Waals surface area (Å²) < 4.78 is 0. The maximum atomic E-state index is 10.8. The minimum absolute atomic E-state index is 0.445. The summed E-state index contributed by atoms with van der Waals surface area (Å²) in [6, 6.07) is 8.01. The molecule has 1 aliphatic heterocycles. The molecule has 0 saturated carbocycles. The summed E-state index contributed by atoms with van der Waals surface area (Å²) in [6.45, 7) is 2.88. The Hall–Kier alpha value is -1.55. The molecule has 0 aromatic heterocycles. The molecule has 2 atom stereocenters. The molecule has 1 aliphatic rings. The molecule has 0 bridgehead atoms. The zero-order valence-corrected chi connectivity index (χ0v) is 10.7. The third-order valence-electron chi connectivity index (χ3n) is 3.66. The van der Waals surface area contributed by atoms with E-state index in [0.717, 1.165) is 12.8 Å². The molecule has 1 heterocycles. The summed E-state index contributed by atoms with van der Waals surface area (Å²) in [6.07, 6.45) is 2.69. The van der Waals surface area contributed by atoms with Gasteiger partial charge in [-0.05, 0) is 37.8 Å². The van der Waals surface area contributed by atoms with Crippen molar-refractivity contribution in [3.63, 3.8) is 0 Å². The van der Waals surface area contributed by atoms with Gasteiger partial charge in [0.2, 0.25) is 0 Å². The average Bonchev–Trinajstić information content (AvgIpc) is 2.37. The highest BCUT2D eigenvalue weighted by molar-refractivity contribution is 5.73. The van der Waals surface area contributed by atoms with Crippen molar-refractivity contribution in [2.75, 3.05) is 11.4 Å². The molecule has 0 aliphatic carbocycles. The van der Waals surface area contributed by atoms with Crippen molar-refractivity contribution in [3.05, 3.63) is 29.8 Å². The van der Waals surface area contributed by atoms with Crippen molar-refractivity contribution in [2.45, 2.75) is 38.3 Å². The Balaban J connectivity index is 2.09. The number of hydrogen-bond donors (Lipinski definition) is 2. The van der Waals surface area contributed by atoms with Gasteiger partial charge >= 0.3 is 5.97 Å². The number of hydrogen-bond acceptors (Lipinski definition) is 3. The van der Waals surface area contributed by atoms with Gasteiger partial charge in [0.15, 0.2) is 0 Å². The summed E-state index contributed by atoms with van der Waals surface area (Å²) in [5, 5.41) is 8.83. The fraction of sp³-hybridized carbons (Fsp3) is 0.500. The molecule has 3 N–H and O–H groups in total. The van der Waals surface area contributed by atoms with Crippen LogP contribution in [0.1, 0.15) is 25.3 Å². The predicted octanol–water partition coefficient (Wildman–Crippen LogP) is 1.63. The van der Waals surface area contributed by atoms with Crippen molar-refractivity contribution in [2.24, 2.45) is 5.73 Å². The Morgan fingerprint density at radius 3 is 3.00 bits per heavy atom. The van der Waals surface area contributed by atoms with E-state index >= 15 is 0 Å². The standard InChI is InChI=1S/C14H20N2O2/c1-10-6-7-11-4-2-3-5-13(11)16(10)9-8-12(15)14(17)18/h2-5,10,12H,6-9,15H2,1H3,(H,17,18). The molecule has 0 fully saturated rings. The van der Waals surface area contributed by atoms with Crippen molar-refractivity contribution in [1.82, 2.24) is 0 Å². The molecular formula is C14H20N2O2. The summed E-state index contributed by atoms with van der Waals surface area (Å²) >= 11 is 0. The number of benzene rings is 1. The van der Waals surface area contributed by atoms with Gasteiger partial charge in [0.1, 0.15) is 6.04 Å². The fourth-order valence-corrected chi connectivity index (χ4v) is 2.50. The van der Waals surface area contributed by atoms with E-state index in [-0.39, 0.29) is 0 Å². The minimum Gasteiger partial charge on any atom is -0.480 e. The van der Waals surface area contributed by atoms with E-state index in [1.165, 1.54) is 11.3 Å². The lowest BCUT2D eigenvalue weighted by Gasteiger charge is -2.37. The zero-order chi connectivity index (χ0) is 13.1. The summed E-state index contributed by atoms with van der Waals surface area (Å²) in [5.74, 6) is -0.923. The maximum absolute atomic E-state index is 10.8. The molecule has 2 unspecified atom stereocenters. The SMILES string of the molecule is CC1CCc2ccccc2N1CCC(N)C(=O)O. The lowest BCUT2D eigenvalue weighted by Crippen LogP contribution is -2.41. The fourth-order valence-electron chi connectivity index (χ4n) is 2.50. The first-order chi connectivity index (χ1) is 8.59. The smallest absolute Gasteiger partial charge is 0.320 e. The van der Waals surface area contributed by atoms with Crippen LogP contribution in [0.25, 0.3) is 0 Å². The molecule has 4 nitrogen and oxygen atoms in total. The number of carbonyl (C=O) groups is 1. The van der Waals surface area contributed by atoms with E-state index in [1.807, 2.05) is 6.07 Å². The largest absolute Gasteiger partial charge is 0.480 e. The molecule has 0 amide bonds. The minimum atomic E-state index is -0.923. The first-order valence-corrected chi connectivity index (χ1v) is 6.42. The van der Waals surface area contributed by atoms with Gasteiger partial charge in [0.25, 0.3) is 0 Å². The number of para-hydroxylation sites is 1. The molecule has 0 saturated heterocycles. The van der Waals surface area contributed by atoms with E-state index in [9.17, 15) is 4.79 Å². The first-order valence-electron chi connectivity index (χ1n) is 6.42. The van der Waals surface area contributed by atoms with Crippen molar-refractivity contribution < 1.29 is 9.90 Å². The quantitative estimate of drug-likeness (QED) is 0.850. The van der Waals surface area contributed by atoms with Crippen LogP contribution < -0.4 is 10.6 Å². The highest BCUT2D eigenvalue weighted by Crippen LogP contribution is 2.30. The number of anilines is 1. The second-order valence-electron chi connectivity index (χ2n) is 4.94. The van der Waals surface area contributed by atoms with Crippen molar-refractivity contribution in [3.8, 4) is 0 Å². The molecule has 0 radical (unpaired) electrons. The zero-order valence-electron chi connectivity index (χ0n) is 10.7. The first kappa shape index (κ1) is 12.9. The van der Waals surface area contributed by atoms with Crippen LogP contribution in [0.2, 0.25) is 0 Å². The Kier molecular flexibility index (Phi) is 3.87. The second-order valence-corrected chi connectivity index (χ2v) is 4.94. The highest BCUT2D eigenvalue weighted by Gasteiger charge is 2.23. The average molecular weight is 248 g/mol. The number of nitrogens with two attached hydrogens (primary N) is 1. The Morgan fingerprint density at radius 1 is 1.56 bits per heavy atom. The topological polar surface area (TPSA) is 66.6 Å². The van der Waals surface area contributed by atoms with Crippen molar-refractivity contribution >= 4 is 11.7 Å². The Bertz CT molecular complexity index is 434. The number of carboxylic acids is 1. The number of aliphatic carboxylic acids is 1. The Labute approximate surface area is 107 Å². The predicted molar refractivity (Wildman–Crippen MR) is 71.8 cm³/mol. The lowest BCUT2D eigenvalue weighted by atomic mass is 9.96. The van der Waals surface area contributed by atoms with Crippen LogP contribution in [0, 0.1) is 0 Å². The van der Waals surface area contributed by atoms with Gasteiger partial charge < -0.3 is 15.7 Å². The van der Waals surface area contributed by atoms with Crippen LogP contribution >= 0.6 is 0 Å². The molecule has 2 rings (SSSR count). The number of fused-ring (bicyclic) bond motifs is 1. The van der Waals surface area contributed by atoms with Crippen LogP contribution in [0.4, 0.5) is 5.69 Å². The van der Waals surface area contributed by atoms with Crippen LogP contribution in [-0.2, 0) is 11.2 Å². The van der Waals surface area contributed by atoms with E-state index in [0.29, 0.717) is 19.0 Å². The third kappa shape index (κ3) is 2.64. The van der Waals surface area contributed by atoms with E-state index < -0.39 is 12.0 Å². The monoisotopic (exact) mass is 248 g/mol. The molecule has 18 heavy (non-hydrogen) atoms. The molecule has 1 aromatic rings. The normalized spacial score (nSPS) is 20.3. The third-order valence-corrected chi connectivity index (χ3v) is 3.66. The maximum Gasteiger partial charge on any atom is 0.320 e. The molecule has 4 heteroatoms. The number of nitrogens with zero attached hydrogens (tertiary/aromatic N) is 1. The van der Waals surface area contributed by atoms with Crippen LogP contribution in [-0.4, -0.2) is 29.7 Å². The summed E-state index contributed by atoms with van der Waals surface area (Å²) in [4.78, 5) is 13.0. The number of aryl methyl sites for hydroxylation is 1. The van der Waals surface area contributed by atoms with Gasteiger partial charge in [0.05, 0.1) is 0 Å². The lowest BCUT2D eigenvalue weighted by molar-refractivity contribution is -0.138. The van der Waals surface area contributed by atoms with Crippen LogP contribution in [0.15, 0.2) is 24.3 Å². The molecule has 1 aromatic carbocycles. The van der Waals surface area contributed by atoms with Crippen LogP contribution in [0.5, 0.6) is 0 Å². The van der Waals surface area contributed by atoms with Gasteiger partial charge in [-0.25, -0.2) is 0 Å². The highest BCUT2D eigenvalue weighted by atomic mass is 16.4. The summed E-state index contributed by atoms with van der Waals surface area (Å²) in [7, 11) is 0. The van der Waals surface area contributed by atoms with Gasteiger partial charge in [0, 0.05) is 18.3 Å². The number of carboxylic acid groups (broad SMARTS) is 1. The van der Waals surface area contributed by atoms with Crippen LogP contribution in [0.3, 0.4) is 0 Å². The second kappa shape index (κ2) is 5.40. The van der Waals surface area contributed by atoms with E-state index in [4.69, 9.17) is 10.8 Å². The number of rotatable bonds is 4. The van der Waals surface area contributed by atoms with Gasteiger partial charge in [-0.15, -0.1) is 0 Å². The van der Waals surface area contributed by atoms with Gasteiger partial charge in [-0.3, -0.25) is 4.79 Å². The van der Waals surface area contributed by atoms with Crippen molar-refractivity contribution in [1.29, 1.82) is 0 Å². The Morgan fingerprint density at radius 2 is 2.28 bits per heavy atom. The summed E-state index contributed by atoms with van der Waals surface area (Å²) in [5.41, 5.74) is 8.15.